The number of amidine groups is 1. The minimum atomic E-state index is -0.0960. The molecule has 0 aromatic heterocycles. The van der Waals surface area contributed by atoms with Crippen LogP contribution in [0.5, 0.6) is 0 Å². The van der Waals surface area contributed by atoms with E-state index in [4.69, 9.17) is 11.1 Å². The molecule has 1 saturated carbocycles. The van der Waals surface area contributed by atoms with Crippen LogP contribution in [0.1, 0.15) is 18.4 Å². The molecule has 0 unspecified atom stereocenters. The van der Waals surface area contributed by atoms with Crippen molar-refractivity contribution in [3.8, 4) is 0 Å². The SMILES string of the molecule is N=C(N)C1(c2ccccc2)CC1. The van der Waals surface area contributed by atoms with Gasteiger partial charge in [-0.05, 0) is 18.4 Å². The lowest BCUT2D eigenvalue weighted by Crippen LogP contribution is -2.27. The van der Waals surface area contributed by atoms with E-state index in [1.807, 2.05) is 18.2 Å². The summed E-state index contributed by atoms with van der Waals surface area (Å²) in [4.78, 5) is 0. The number of benzene rings is 1. The van der Waals surface area contributed by atoms with E-state index in [-0.39, 0.29) is 5.41 Å². The predicted molar refractivity (Wildman–Crippen MR) is 49.3 cm³/mol. The minimum absolute atomic E-state index is 0.0960. The summed E-state index contributed by atoms with van der Waals surface area (Å²) in [6.45, 7) is 0. The Bertz CT molecular complexity index is 299. The molecule has 2 nitrogen and oxygen atoms in total. The predicted octanol–water partition coefficient (Wildman–Crippen LogP) is 1.65. The average Bonchev–Trinajstić information content (AvgIpc) is 2.86. The summed E-state index contributed by atoms with van der Waals surface area (Å²) in [6.07, 6.45) is 2.07. The summed E-state index contributed by atoms with van der Waals surface area (Å²) >= 11 is 0. The molecule has 62 valence electrons. The van der Waals surface area contributed by atoms with Gasteiger partial charge in [-0.2, -0.15) is 0 Å². The Kier molecular flexibility index (Phi) is 1.43. The number of nitrogens with two attached hydrogens (primary N) is 1. The van der Waals surface area contributed by atoms with E-state index in [1.54, 1.807) is 0 Å². The first-order valence-corrected chi connectivity index (χ1v) is 4.16. The molecule has 0 spiro atoms. The van der Waals surface area contributed by atoms with Crippen molar-refractivity contribution in [2.75, 3.05) is 0 Å². The van der Waals surface area contributed by atoms with Crippen LogP contribution < -0.4 is 5.73 Å². The smallest absolute Gasteiger partial charge is 0.101 e. The molecule has 0 atom stereocenters. The van der Waals surface area contributed by atoms with E-state index in [1.165, 1.54) is 5.56 Å². The molecule has 1 aliphatic carbocycles. The topological polar surface area (TPSA) is 49.9 Å². The Hall–Kier alpha value is -1.31. The van der Waals surface area contributed by atoms with Gasteiger partial charge in [0.1, 0.15) is 5.84 Å². The highest BCUT2D eigenvalue weighted by molar-refractivity contribution is 5.92. The molecule has 2 heteroatoms. The Balaban J connectivity index is 2.37. The molecule has 0 radical (unpaired) electrons. The molecule has 3 N–H and O–H groups in total. The van der Waals surface area contributed by atoms with Crippen molar-refractivity contribution < 1.29 is 0 Å². The zero-order valence-electron chi connectivity index (χ0n) is 6.88. The van der Waals surface area contributed by atoms with Gasteiger partial charge in [0, 0.05) is 0 Å². The lowest BCUT2D eigenvalue weighted by atomic mass is 9.95. The number of nitrogens with one attached hydrogen (secondary N) is 1. The maximum Gasteiger partial charge on any atom is 0.101 e. The molecule has 0 heterocycles. The minimum Gasteiger partial charge on any atom is -0.387 e. The average molecular weight is 160 g/mol. The van der Waals surface area contributed by atoms with Gasteiger partial charge in [0.25, 0.3) is 0 Å². The third-order valence-electron chi connectivity index (χ3n) is 2.59. The van der Waals surface area contributed by atoms with Gasteiger partial charge in [-0.25, -0.2) is 0 Å². The zero-order chi connectivity index (χ0) is 8.60. The van der Waals surface area contributed by atoms with Crippen molar-refractivity contribution in [1.82, 2.24) is 0 Å². The van der Waals surface area contributed by atoms with Gasteiger partial charge >= 0.3 is 0 Å². The third kappa shape index (κ3) is 0.916. The molecule has 0 amide bonds. The van der Waals surface area contributed by atoms with E-state index < -0.39 is 0 Å². The van der Waals surface area contributed by atoms with Crippen molar-refractivity contribution >= 4 is 5.84 Å². The second kappa shape index (κ2) is 2.34. The zero-order valence-corrected chi connectivity index (χ0v) is 6.88. The van der Waals surface area contributed by atoms with Gasteiger partial charge in [0.05, 0.1) is 5.41 Å². The van der Waals surface area contributed by atoms with Crippen LogP contribution in [-0.4, -0.2) is 5.84 Å². The van der Waals surface area contributed by atoms with Crippen LogP contribution in [0.4, 0.5) is 0 Å². The standard InChI is InChI=1S/C10H12N2/c11-9(12)10(6-7-10)8-4-2-1-3-5-8/h1-5H,6-7H2,(H3,11,12). The van der Waals surface area contributed by atoms with Gasteiger partial charge in [-0.1, -0.05) is 30.3 Å². The summed E-state index contributed by atoms with van der Waals surface area (Å²) < 4.78 is 0. The molecule has 0 aliphatic heterocycles. The van der Waals surface area contributed by atoms with Crippen LogP contribution in [0.3, 0.4) is 0 Å². The highest BCUT2D eigenvalue weighted by Gasteiger charge is 2.47. The van der Waals surface area contributed by atoms with E-state index >= 15 is 0 Å². The number of hydrogen-bond acceptors (Lipinski definition) is 1. The van der Waals surface area contributed by atoms with Crippen LogP contribution in [0.2, 0.25) is 0 Å². The van der Waals surface area contributed by atoms with E-state index in [0.29, 0.717) is 5.84 Å². The normalized spacial score (nSPS) is 18.7. The Morgan fingerprint density at radius 1 is 1.25 bits per heavy atom. The number of rotatable bonds is 2. The summed E-state index contributed by atoms with van der Waals surface area (Å²) in [6, 6.07) is 10.1. The monoisotopic (exact) mass is 160 g/mol. The molecule has 12 heavy (non-hydrogen) atoms. The second-order valence-electron chi connectivity index (χ2n) is 3.36. The van der Waals surface area contributed by atoms with Gasteiger partial charge in [-0.3, -0.25) is 5.41 Å². The van der Waals surface area contributed by atoms with E-state index in [9.17, 15) is 0 Å². The second-order valence-corrected chi connectivity index (χ2v) is 3.36. The van der Waals surface area contributed by atoms with Gasteiger partial charge in [-0.15, -0.1) is 0 Å². The lowest BCUT2D eigenvalue weighted by Gasteiger charge is -2.12. The molecule has 0 bridgehead atoms. The van der Waals surface area contributed by atoms with Crippen molar-refractivity contribution in [2.24, 2.45) is 5.73 Å². The maximum absolute atomic E-state index is 7.47. The molecule has 1 aliphatic rings. The van der Waals surface area contributed by atoms with Crippen molar-refractivity contribution in [3.05, 3.63) is 35.9 Å². The first kappa shape index (κ1) is 7.35. The first-order valence-electron chi connectivity index (χ1n) is 4.16. The summed E-state index contributed by atoms with van der Waals surface area (Å²) in [5.74, 6) is 0.314. The van der Waals surface area contributed by atoms with Crippen LogP contribution in [-0.2, 0) is 5.41 Å². The Morgan fingerprint density at radius 3 is 2.25 bits per heavy atom. The molecule has 2 rings (SSSR count). The van der Waals surface area contributed by atoms with Crippen molar-refractivity contribution in [1.29, 1.82) is 5.41 Å². The molecule has 1 aromatic rings. The van der Waals surface area contributed by atoms with Crippen molar-refractivity contribution in [2.45, 2.75) is 18.3 Å². The highest BCUT2D eigenvalue weighted by Crippen LogP contribution is 2.47. The Morgan fingerprint density at radius 2 is 1.83 bits per heavy atom. The van der Waals surface area contributed by atoms with Crippen molar-refractivity contribution in [3.63, 3.8) is 0 Å². The fourth-order valence-corrected chi connectivity index (χ4v) is 1.60. The fourth-order valence-electron chi connectivity index (χ4n) is 1.60. The van der Waals surface area contributed by atoms with E-state index in [2.05, 4.69) is 12.1 Å². The largest absolute Gasteiger partial charge is 0.387 e. The quantitative estimate of drug-likeness (QED) is 0.501. The molecule has 1 fully saturated rings. The van der Waals surface area contributed by atoms with Crippen LogP contribution in [0, 0.1) is 5.41 Å². The van der Waals surface area contributed by atoms with Crippen LogP contribution in [0.25, 0.3) is 0 Å². The third-order valence-corrected chi connectivity index (χ3v) is 2.59. The summed E-state index contributed by atoms with van der Waals surface area (Å²) in [7, 11) is 0. The van der Waals surface area contributed by atoms with Crippen LogP contribution in [0.15, 0.2) is 30.3 Å². The molecular formula is C10H12N2. The highest BCUT2D eigenvalue weighted by atomic mass is 14.8. The lowest BCUT2D eigenvalue weighted by molar-refractivity contribution is 0.923. The molecule has 0 saturated heterocycles. The van der Waals surface area contributed by atoms with Gasteiger partial charge in [0.15, 0.2) is 0 Å². The molecule has 1 aromatic carbocycles. The van der Waals surface area contributed by atoms with Gasteiger partial charge in [0.2, 0.25) is 0 Å². The summed E-state index contributed by atoms with van der Waals surface area (Å²) in [5.41, 5.74) is 6.64. The first-order chi connectivity index (χ1) is 5.76. The summed E-state index contributed by atoms with van der Waals surface area (Å²) in [5, 5.41) is 7.47. The van der Waals surface area contributed by atoms with Crippen LogP contribution >= 0.6 is 0 Å². The molecular weight excluding hydrogens is 148 g/mol. The number of hydrogen-bond donors (Lipinski definition) is 2. The maximum atomic E-state index is 7.47. The fraction of sp³-hybridized carbons (Fsp3) is 0.300. The van der Waals surface area contributed by atoms with E-state index in [0.717, 1.165) is 12.8 Å². The van der Waals surface area contributed by atoms with Gasteiger partial charge < -0.3 is 5.73 Å². The Labute approximate surface area is 71.9 Å².